The van der Waals surface area contributed by atoms with Gasteiger partial charge in [0.05, 0.1) is 23.1 Å². The predicted octanol–water partition coefficient (Wildman–Crippen LogP) is 4.27. The lowest BCUT2D eigenvalue weighted by Crippen LogP contribution is -2.30. The monoisotopic (exact) mass is 433 g/mol. The van der Waals surface area contributed by atoms with Crippen LogP contribution < -0.4 is 4.90 Å². The number of esters is 1. The van der Waals surface area contributed by atoms with Gasteiger partial charge in [-0.25, -0.2) is 4.79 Å². The van der Waals surface area contributed by atoms with Gasteiger partial charge in [-0.2, -0.15) is 0 Å². The highest BCUT2D eigenvalue weighted by atomic mass is 16.5. The van der Waals surface area contributed by atoms with Crippen molar-refractivity contribution < 1.29 is 23.9 Å². The van der Waals surface area contributed by atoms with Crippen LogP contribution in [0.4, 0.5) is 5.69 Å². The van der Waals surface area contributed by atoms with Gasteiger partial charge in [-0.05, 0) is 74.9 Å². The molecular formula is C26H27NO5. The van der Waals surface area contributed by atoms with E-state index in [4.69, 9.17) is 4.74 Å². The van der Waals surface area contributed by atoms with Crippen molar-refractivity contribution in [3.63, 3.8) is 0 Å². The van der Waals surface area contributed by atoms with Gasteiger partial charge in [0.1, 0.15) is 0 Å². The molecule has 2 fully saturated rings. The van der Waals surface area contributed by atoms with Gasteiger partial charge in [0.2, 0.25) is 17.6 Å². The maximum absolute atomic E-state index is 12.9. The van der Waals surface area contributed by atoms with E-state index >= 15 is 0 Å². The number of carbonyl (C=O) groups excluding carboxylic acids is 4. The fourth-order valence-corrected chi connectivity index (χ4v) is 4.72. The van der Waals surface area contributed by atoms with Gasteiger partial charge in [-0.1, -0.05) is 24.6 Å². The number of Topliss-reactive ketones (excluding diaryl/α,β-unsaturated/α-hetero) is 1. The molecule has 2 aromatic rings. The first-order valence-corrected chi connectivity index (χ1v) is 11.0. The molecule has 2 amide bonds. The summed E-state index contributed by atoms with van der Waals surface area (Å²) >= 11 is 0. The number of nitrogens with zero attached hydrogens (tertiary/aromatic N) is 1. The van der Waals surface area contributed by atoms with Crippen molar-refractivity contribution in [2.45, 2.75) is 40.0 Å². The number of aryl methyl sites for hydroxylation is 2. The highest BCUT2D eigenvalue weighted by molar-refractivity contribution is 6.22. The van der Waals surface area contributed by atoms with E-state index < -0.39 is 5.97 Å². The molecule has 0 N–H and O–H groups in total. The zero-order valence-corrected chi connectivity index (χ0v) is 18.6. The number of rotatable bonds is 5. The zero-order chi connectivity index (χ0) is 23.0. The standard InChI is InChI=1S/C26H27NO5/c1-15-4-6-17(3)21(12-15)23(28)14-32-26(31)18-7-9-19(10-8-18)27-24(29)20-11-5-16(2)13-22(20)25(27)30/h4,6-10,12,16,20,22H,5,11,13-14H2,1-3H3/t16-,20+,22+/m1/s1. The van der Waals surface area contributed by atoms with Crippen LogP contribution in [0.5, 0.6) is 0 Å². The van der Waals surface area contributed by atoms with Gasteiger partial charge in [-0.3, -0.25) is 19.3 Å². The van der Waals surface area contributed by atoms with Crippen LogP contribution in [0.2, 0.25) is 0 Å². The Bertz CT molecular complexity index is 1090. The highest BCUT2D eigenvalue weighted by Crippen LogP contribution is 2.42. The minimum Gasteiger partial charge on any atom is -0.454 e. The summed E-state index contributed by atoms with van der Waals surface area (Å²) in [6.45, 7) is 5.50. The van der Waals surface area contributed by atoms with Crippen molar-refractivity contribution in [3.05, 3.63) is 64.7 Å². The number of anilines is 1. The van der Waals surface area contributed by atoms with E-state index in [0.29, 0.717) is 17.2 Å². The second-order valence-corrected chi connectivity index (χ2v) is 9.01. The fraction of sp³-hybridized carbons (Fsp3) is 0.385. The average molecular weight is 434 g/mol. The summed E-state index contributed by atoms with van der Waals surface area (Å²) < 4.78 is 5.20. The van der Waals surface area contributed by atoms with Crippen LogP contribution in [-0.4, -0.2) is 30.2 Å². The van der Waals surface area contributed by atoms with Crippen molar-refractivity contribution >= 4 is 29.3 Å². The summed E-state index contributed by atoms with van der Waals surface area (Å²) in [6.07, 6.45) is 2.44. The number of hydrogen-bond acceptors (Lipinski definition) is 5. The van der Waals surface area contributed by atoms with E-state index in [1.54, 1.807) is 18.2 Å². The molecule has 166 valence electrons. The molecule has 0 bridgehead atoms. The Labute approximate surface area is 187 Å². The Balaban J connectivity index is 1.42. The van der Waals surface area contributed by atoms with Gasteiger partial charge in [-0.15, -0.1) is 0 Å². The predicted molar refractivity (Wildman–Crippen MR) is 119 cm³/mol. The third kappa shape index (κ3) is 4.09. The van der Waals surface area contributed by atoms with E-state index in [1.165, 1.54) is 17.0 Å². The quantitative estimate of drug-likeness (QED) is 0.400. The number of carbonyl (C=O) groups is 4. The van der Waals surface area contributed by atoms with Crippen LogP contribution in [-0.2, 0) is 14.3 Å². The Morgan fingerprint density at radius 3 is 2.38 bits per heavy atom. The third-order valence-electron chi connectivity index (χ3n) is 6.58. The van der Waals surface area contributed by atoms with Crippen molar-refractivity contribution in [1.29, 1.82) is 0 Å². The van der Waals surface area contributed by atoms with Crippen LogP contribution in [0, 0.1) is 31.6 Å². The molecule has 32 heavy (non-hydrogen) atoms. The largest absolute Gasteiger partial charge is 0.454 e. The first kappa shape index (κ1) is 21.9. The summed E-state index contributed by atoms with van der Waals surface area (Å²) in [6, 6.07) is 11.8. The van der Waals surface area contributed by atoms with Crippen molar-refractivity contribution in [1.82, 2.24) is 0 Å². The van der Waals surface area contributed by atoms with E-state index in [0.717, 1.165) is 30.4 Å². The molecule has 0 unspecified atom stereocenters. The van der Waals surface area contributed by atoms with E-state index in [-0.39, 0.29) is 41.6 Å². The van der Waals surface area contributed by atoms with Crippen LogP contribution in [0.15, 0.2) is 42.5 Å². The molecule has 4 rings (SSSR count). The normalized spacial score (nSPS) is 22.6. The van der Waals surface area contributed by atoms with Crippen LogP contribution in [0.1, 0.15) is 58.0 Å². The first-order chi connectivity index (χ1) is 15.3. The molecule has 6 heteroatoms. The summed E-state index contributed by atoms with van der Waals surface area (Å²) in [5.74, 6) is -1.23. The molecule has 2 aliphatic rings. The number of imide groups is 1. The van der Waals surface area contributed by atoms with Gasteiger partial charge in [0, 0.05) is 5.56 Å². The molecule has 1 heterocycles. The van der Waals surface area contributed by atoms with Crippen molar-refractivity contribution in [3.8, 4) is 0 Å². The lowest BCUT2D eigenvalue weighted by Gasteiger charge is -2.25. The molecule has 3 atom stereocenters. The first-order valence-electron chi connectivity index (χ1n) is 11.0. The second-order valence-electron chi connectivity index (χ2n) is 9.01. The molecule has 1 aliphatic carbocycles. The van der Waals surface area contributed by atoms with Crippen molar-refractivity contribution in [2.24, 2.45) is 17.8 Å². The Hall–Kier alpha value is -3.28. The van der Waals surface area contributed by atoms with Gasteiger partial charge < -0.3 is 4.74 Å². The maximum Gasteiger partial charge on any atom is 0.338 e. The highest BCUT2D eigenvalue weighted by Gasteiger charge is 2.49. The lowest BCUT2D eigenvalue weighted by molar-refractivity contribution is -0.122. The molecule has 1 aliphatic heterocycles. The molecule has 1 saturated heterocycles. The second kappa shape index (κ2) is 8.69. The summed E-state index contributed by atoms with van der Waals surface area (Å²) in [5.41, 5.74) is 3.05. The van der Waals surface area contributed by atoms with Crippen molar-refractivity contribution in [2.75, 3.05) is 11.5 Å². The molecular weight excluding hydrogens is 406 g/mol. The molecule has 2 aromatic carbocycles. The van der Waals surface area contributed by atoms with Gasteiger partial charge >= 0.3 is 5.97 Å². The lowest BCUT2D eigenvalue weighted by atomic mass is 9.76. The molecule has 0 aromatic heterocycles. The Morgan fingerprint density at radius 1 is 0.969 bits per heavy atom. The van der Waals surface area contributed by atoms with Gasteiger partial charge in [0.15, 0.2) is 6.61 Å². The Morgan fingerprint density at radius 2 is 1.66 bits per heavy atom. The summed E-state index contributed by atoms with van der Waals surface area (Å²) in [4.78, 5) is 51.8. The van der Waals surface area contributed by atoms with E-state index in [1.807, 2.05) is 26.0 Å². The molecule has 1 saturated carbocycles. The smallest absolute Gasteiger partial charge is 0.338 e. The number of ketones is 1. The van der Waals surface area contributed by atoms with Gasteiger partial charge in [0.25, 0.3) is 0 Å². The minimum absolute atomic E-state index is 0.152. The summed E-state index contributed by atoms with van der Waals surface area (Å²) in [5, 5.41) is 0. The Kier molecular flexibility index (Phi) is 5.96. The number of ether oxygens (including phenoxy) is 1. The van der Waals surface area contributed by atoms with E-state index in [9.17, 15) is 19.2 Å². The third-order valence-corrected chi connectivity index (χ3v) is 6.58. The average Bonchev–Trinajstić information content (AvgIpc) is 3.03. The van der Waals surface area contributed by atoms with Crippen LogP contribution >= 0.6 is 0 Å². The summed E-state index contributed by atoms with van der Waals surface area (Å²) in [7, 11) is 0. The van der Waals surface area contributed by atoms with Crippen LogP contribution in [0.3, 0.4) is 0 Å². The molecule has 0 radical (unpaired) electrons. The molecule has 6 nitrogen and oxygen atoms in total. The molecule has 0 spiro atoms. The fourth-order valence-electron chi connectivity index (χ4n) is 4.72. The SMILES string of the molecule is Cc1ccc(C)c(C(=O)COC(=O)c2ccc(N3C(=O)[C@H]4CC[C@@H](C)C[C@@H]4C3=O)cc2)c1. The maximum atomic E-state index is 12.9. The van der Waals surface area contributed by atoms with Crippen LogP contribution in [0.25, 0.3) is 0 Å². The number of hydrogen-bond donors (Lipinski definition) is 0. The minimum atomic E-state index is -0.628. The topological polar surface area (TPSA) is 80.8 Å². The zero-order valence-electron chi connectivity index (χ0n) is 18.6. The van der Waals surface area contributed by atoms with E-state index in [2.05, 4.69) is 6.92 Å². The number of benzene rings is 2. The number of amides is 2. The number of fused-ring (bicyclic) bond motifs is 1.